The number of pyridine rings is 1. The maximum absolute atomic E-state index is 12.5. The summed E-state index contributed by atoms with van der Waals surface area (Å²) in [6, 6.07) is 17.2. The van der Waals surface area contributed by atoms with Crippen molar-refractivity contribution in [1.82, 2.24) is 4.98 Å². The standard InChI is InChI=1S/C20H18N2O4/c1-13(19(24)22(2)14-8-4-3-5-9-14)26-20(25)16-12-18(23)21-17-11-7-6-10-15(16)17/h3-13H,1-2H3,(H,21,23)/t13-/m0/s1. The average molecular weight is 350 g/mol. The summed E-state index contributed by atoms with van der Waals surface area (Å²) in [4.78, 5) is 40.9. The number of likely N-dealkylation sites (N-methyl/N-ethyl adjacent to an activating group) is 1. The summed E-state index contributed by atoms with van der Waals surface area (Å²) in [5, 5.41) is 0.563. The molecule has 0 fully saturated rings. The number of anilines is 1. The quantitative estimate of drug-likeness (QED) is 0.734. The monoisotopic (exact) mass is 350 g/mol. The molecule has 0 aliphatic heterocycles. The highest BCUT2D eigenvalue weighted by molar-refractivity contribution is 6.05. The predicted molar refractivity (Wildman–Crippen MR) is 99.3 cm³/mol. The molecule has 0 aliphatic carbocycles. The molecule has 0 bridgehead atoms. The molecule has 3 rings (SSSR count). The van der Waals surface area contributed by atoms with Gasteiger partial charge in [0.05, 0.1) is 5.56 Å². The van der Waals surface area contributed by atoms with Gasteiger partial charge >= 0.3 is 5.97 Å². The average Bonchev–Trinajstić information content (AvgIpc) is 2.66. The van der Waals surface area contributed by atoms with Crippen molar-refractivity contribution in [2.45, 2.75) is 13.0 Å². The van der Waals surface area contributed by atoms with E-state index >= 15 is 0 Å². The van der Waals surface area contributed by atoms with E-state index in [-0.39, 0.29) is 11.5 Å². The van der Waals surface area contributed by atoms with E-state index in [1.54, 1.807) is 43.4 Å². The van der Waals surface area contributed by atoms with Crippen molar-refractivity contribution in [1.29, 1.82) is 0 Å². The summed E-state index contributed by atoms with van der Waals surface area (Å²) >= 11 is 0. The van der Waals surface area contributed by atoms with Gasteiger partial charge < -0.3 is 14.6 Å². The summed E-state index contributed by atoms with van der Waals surface area (Å²) in [5.41, 5.74) is 0.955. The lowest BCUT2D eigenvalue weighted by molar-refractivity contribution is -0.126. The van der Waals surface area contributed by atoms with Gasteiger partial charge in [-0.25, -0.2) is 4.79 Å². The van der Waals surface area contributed by atoms with Gasteiger partial charge in [-0.2, -0.15) is 0 Å². The van der Waals surface area contributed by atoms with Crippen molar-refractivity contribution >= 4 is 28.5 Å². The second kappa shape index (κ2) is 7.23. The minimum absolute atomic E-state index is 0.131. The molecule has 0 spiro atoms. The van der Waals surface area contributed by atoms with E-state index < -0.39 is 17.6 Å². The van der Waals surface area contributed by atoms with Crippen LogP contribution in [0.5, 0.6) is 0 Å². The zero-order valence-electron chi connectivity index (χ0n) is 14.4. The number of hydrogen-bond acceptors (Lipinski definition) is 4. The highest BCUT2D eigenvalue weighted by atomic mass is 16.5. The van der Waals surface area contributed by atoms with E-state index in [0.29, 0.717) is 16.6 Å². The number of esters is 1. The number of carbonyl (C=O) groups is 2. The van der Waals surface area contributed by atoms with Crippen LogP contribution in [0.3, 0.4) is 0 Å². The fraction of sp³-hybridized carbons (Fsp3) is 0.150. The fourth-order valence-corrected chi connectivity index (χ4v) is 2.70. The molecule has 0 radical (unpaired) electrons. The molecule has 1 amide bonds. The Bertz CT molecular complexity index is 1010. The van der Waals surface area contributed by atoms with Crippen LogP contribution < -0.4 is 10.5 Å². The molecule has 6 nitrogen and oxygen atoms in total. The van der Waals surface area contributed by atoms with Crippen LogP contribution in [-0.2, 0) is 9.53 Å². The SMILES string of the molecule is C[C@H](OC(=O)c1cc(=O)[nH]c2ccccc12)C(=O)N(C)c1ccccc1. The summed E-state index contributed by atoms with van der Waals surface area (Å²) in [5.74, 6) is -1.08. The number of benzene rings is 2. The Hall–Kier alpha value is -3.41. The topological polar surface area (TPSA) is 79.5 Å². The Kier molecular flexibility index (Phi) is 4.84. The number of H-pyrrole nitrogens is 1. The third-order valence-electron chi connectivity index (χ3n) is 4.08. The second-order valence-corrected chi connectivity index (χ2v) is 5.87. The number of nitrogens with zero attached hydrogens (tertiary/aromatic N) is 1. The van der Waals surface area contributed by atoms with Crippen LogP contribution >= 0.6 is 0 Å². The van der Waals surface area contributed by atoms with Gasteiger partial charge in [0.1, 0.15) is 0 Å². The first-order valence-corrected chi connectivity index (χ1v) is 8.13. The molecule has 1 aromatic heterocycles. The zero-order chi connectivity index (χ0) is 18.7. The molecule has 1 N–H and O–H groups in total. The fourth-order valence-electron chi connectivity index (χ4n) is 2.70. The van der Waals surface area contributed by atoms with Gasteiger partial charge in [-0.05, 0) is 25.1 Å². The van der Waals surface area contributed by atoms with Crippen LogP contribution in [-0.4, -0.2) is 30.0 Å². The number of amides is 1. The van der Waals surface area contributed by atoms with Crippen LogP contribution in [0.2, 0.25) is 0 Å². The summed E-state index contributed by atoms with van der Waals surface area (Å²) in [6.07, 6.45) is -0.995. The molecule has 6 heteroatoms. The first-order valence-electron chi connectivity index (χ1n) is 8.13. The second-order valence-electron chi connectivity index (χ2n) is 5.87. The number of fused-ring (bicyclic) bond motifs is 1. The maximum atomic E-state index is 12.5. The number of hydrogen-bond donors (Lipinski definition) is 1. The largest absolute Gasteiger partial charge is 0.449 e. The van der Waals surface area contributed by atoms with E-state index in [4.69, 9.17) is 4.74 Å². The molecular weight excluding hydrogens is 332 g/mol. The number of carbonyl (C=O) groups excluding carboxylic acids is 2. The van der Waals surface area contributed by atoms with Gasteiger partial charge in [-0.3, -0.25) is 9.59 Å². The van der Waals surface area contributed by atoms with Crippen LogP contribution in [0, 0.1) is 0 Å². The molecule has 26 heavy (non-hydrogen) atoms. The maximum Gasteiger partial charge on any atom is 0.339 e. The van der Waals surface area contributed by atoms with Crippen molar-refractivity contribution in [3.8, 4) is 0 Å². The highest BCUT2D eigenvalue weighted by Crippen LogP contribution is 2.17. The Labute approximate surface area is 150 Å². The Balaban J connectivity index is 1.82. The van der Waals surface area contributed by atoms with E-state index in [2.05, 4.69) is 4.98 Å². The molecule has 1 heterocycles. The normalized spacial score (nSPS) is 11.8. The predicted octanol–water partition coefficient (Wildman–Crippen LogP) is 2.74. The third-order valence-corrected chi connectivity index (χ3v) is 4.08. The molecular formula is C20H18N2O4. The lowest BCUT2D eigenvalue weighted by atomic mass is 10.1. The first kappa shape index (κ1) is 17.4. The summed E-state index contributed by atoms with van der Waals surface area (Å²) < 4.78 is 5.32. The molecule has 2 aromatic carbocycles. The van der Waals surface area contributed by atoms with E-state index in [1.807, 2.05) is 18.2 Å². The number of aromatic amines is 1. The van der Waals surface area contributed by atoms with Crippen LogP contribution in [0.25, 0.3) is 10.9 Å². The van der Waals surface area contributed by atoms with Crippen molar-refractivity contribution in [3.05, 3.63) is 76.6 Å². The number of para-hydroxylation sites is 2. The summed E-state index contributed by atoms with van der Waals surface area (Å²) in [6.45, 7) is 1.51. The van der Waals surface area contributed by atoms with Gasteiger partial charge in [0.25, 0.3) is 5.91 Å². The zero-order valence-corrected chi connectivity index (χ0v) is 14.4. The first-order chi connectivity index (χ1) is 12.5. The lowest BCUT2D eigenvalue weighted by Crippen LogP contribution is -2.37. The molecule has 0 saturated heterocycles. The Morgan fingerprint density at radius 2 is 1.69 bits per heavy atom. The molecule has 132 valence electrons. The van der Waals surface area contributed by atoms with Crippen molar-refractivity contribution in [2.75, 3.05) is 11.9 Å². The molecule has 0 aliphatic rings. The summed E-state index contributed by atoms with van der Waals surface area (Å²) in [7, 11) is 1.62. The van der Waals surface area contributed by atoms with Crippen molar-refractivity contribution in [3.63, 3.8) is 0 Å². The van der Waals surface area contributed by atoms with Gasteiger partial charge in [0.2, 0.25) is 5.56 Å². The number of rotatable bonds is 4. The van der Waals surface area contributed by atoms with Crippen molar-refractivity contribution < 1.29 is 14.3 Å². The van der Waals surface area contributed by atoms with Gasteiger partial charge in [0, 0.05) is 29.7 Å². The molecule has 0 unspecified atom stereocenters. The third kappa shape index (κ3) is 3.49. The minimum atomic E-state index is -0.995. The van der Waals surface area contributed by atoms with Crippen LogP contribution in [0.1, 0.15) is 17.3 Å². The Morgan fingerprint density at radius 3 is 2.42 bits per heavy atom. The van der Waals surface area contributed by atoms with E-state index in [0.717, 1.165) is 0 Å². The number of aromatic nitrogens is 1. The van der Waals surface area contributed by atoms with Crippen LogP contribution in [0.4, 0.5) is 5.69 Å². The smallest absolute Gasteiger partial charge is 0.339 e. The van der Waals surface area contributed by atoms with E-state index in [1.165, 1.54) is 17.9 Å². The molecule has 1 atom stereocenters. The van der Waals surface area contributed by atoms with E-state index in [9.17, 15) is 14.4 Å². The highest BCUT2D eigenvalue weighted by Gasteiger charge is 2.24. The number of nitrogens with one attached hydrogen (secondary N) is 1. The van der Waals surface area contributed by atoms with Gasteiger partial charge in [0.15, 0.2) is 6.10 Å². The van der Waals surface area contributed by atoms with Crippen molar-refractivity contribution in [2.24, 2.45) is 0 Å². The minimum Gasteiger partial charge on any atom is -0.449 e. The van der Waals surface area contributed by atoms with Gasteiger partial charge in [-0.1, -0.05) is 36.4 Å². The molecule has 3 aromatic rings. The van der Waals surface area contributed by atoms with Gasteiger partial charge in [-0.15, -0.1) is 0 Å². The molecule has 0 saturated carbocycles. The van der Waals surface area contributed by atoms with Crippen LogP contribution in [0.15, 0.2) is 65.5 Å². The number of ether oxygens (including phenoxy) is 1. The lowest BCUT2D eigenvalue weighted by Gasteiger charge is -2.21. The Morgan fingerprint density at radius 1 is 1.04 bits per heavy atom.